The van der Waals surface area contributed by atoms with E-state index in [-0.39, 0.29) is 5.91 Å². The van der Waals surface area contributed by atoms with Crippen LogP contribution < -0.4 is 15.4 Å². The maximum absolute atomic E-state index is 12.4. The van der Waals surface area contributed by atoms with Gasteiger partial charge in [-0.25, -0.2) is 14.8 Å². The maximum atomic E-state index is 12.4. The monoisotopic (exact) mass is 392 g/mol. The van der Waals surface area contributed by atoms with Crippen LogP contribution in [-0.4, -0.2) is 35.6 Å². The Bertz CT molecular complexity index is 988. The second kappa shape index (κ2) is 9.32. The number of carbonyl (C=O) groups is 2. The molecule has 0 spiro atoms. The van der Waals surface area contributed by atoms with Crippen LogP contribution in [-0.2, 0) is 4.74 Å². The summed E-state index contributed by atoms with van der Waals surface area (Å²) in [5, 5.41) is 5.78. The van der Waals surface area contributed by atoms with Gasteiger partial charge in [-0.2, -0.15) is 0 Å². The molecule has 2 aromatic carbocycles. The largest absolute Gasteiger partial charge is 0.497 e. The van der Waals surface area contributed by atoms with Crippen LogP contribution in [0, 0.1) is 0 Å². The molecule has 0 aliphatic carbocycles. The lowest BCUT2D eigenvalue weighted by molar-refractivity contribution is 0.0526. The molecule has 8 nitrogen and oxygen atoms in total. The van der Waals surface area contributed by atoms with Gasteiger partial charge >= 0.3 is 5.97 Å². The van der Waals surface area contributed by atoms with E-state index in [1.807, 2.05) is 24.3 Å². The summed E-state index contributed by atoms with van der Waals surface area (Å²) in [4.78, 5) is 32.4. The fraction of sp³-hybridized carbons (Fsp3) is 0.143. The number of nitrogens with zero attached hydrogens (tertiary/aromatic N) is 2. The maximum Gasteiger partial charge on any atom is 0.338 e. The van der Waals surface area contributed by atoms with Crippen molar-refractivity contribution in [2.24, 2.45) is 0 Å². The van der Waals surface area contributed by atoms with Crippen molar-refractivity contribution in [1.29, 1.82) is 0 Å². The topological polar surface area (TPSA) is 102 Å². The molecule has 2 N–H and O–H groups in total. The highest BCUT2D eigenvalue weighted by Crippen LogP contribution is 2.19. The van der Waals surface area contributed by atoms with Gasteiger partial charge < -0.3 is 20.1 Å². The Morgan fingerprint density at radius 1 is 0.966 bits per heavy atom. The van der Waals surface area contributed by atoms with E-state index in [9.17, 15) is 9.59 Å². The second-order valence-electron chi connectivity index (χ2n) is 5.90. The van der Waals surface area contributed by atoms with Gasteiger partial charge in [0.25, 0.3) is 5.91 Å². The van der Waals surface area contributed by atoms with Crippen LogP contribution in [0.15, 0.2) is 60.9 Å². The Morgan fingerprint density at radius 2 is 1.69 bits per heavy atom. The first kappa shape index (κ1) is 19.8. The van der Waals surface area contributed by atoms with Crippen molar-refractivity contribution in [3.8, 4) is 5.75 Å². The van der Waals surface area contributed by atoms with Crippen molar-refractivity contribution in [3.05, 3.63) is 72.1 Å². The fourth-order valence-corrected chi connectivity index (χ4v) is 2.45. The molecule has 1 heterocycles. The Kier molecular flexibility index (Phi) is 6.36. The van der Waals surface area contributed by atoms with Crippen molar-refractivity contribution >= 4 is 29.2 Å². The van der Waals surface area contributed by atoms with Crippen LogP contribution in [0.1, 0.15) is 27.6 Å². The van der Waals surface area contributed by atoms with E-state index in [2.05, 4.69) is 20.6 Å². The van der Waals surface area contributed by atoms with E-state index in [0.29, 0.717) is 35.1 Å². The van der Waals surface area contributed by atoms with Gasteiger partial charge in [0.2, 0.25) is 5.95 Å². The second-order valence-corrected chi connectivity index (χ2v) is 5.90. The summed E-state index contributed by atoms with van der Waals surface area (Å²) in [6, 6.07) is 13.8. The molecule has 148 valence electrons. The molecule has 0 aliphatic heterocycles. The molecule has 0 unspecified atom stereocenters. The number of esters is 1. The van der Waals surface area contributed by atoms with Crippen LogP contribution in [0.4, 0.5) is 17.3 Å². The average molecular weight is 392 g/mol. The summed E-state index contributed by atoms with van der Waals surface area (Å²) in [5.41, 5.74) is 2.03. The molecule has 1 amide bonds. The van der Waals surface area contributed by atoms with Gasteiger partial charge in [0.05, 0.1) is 24.8 Å². The molecule has 0 saturated heterocycles. The van der Waals surface area contributed by atoms with Crippen molar-refractivity contribution in [2.75, 3.05) is 24.4 Å². The molecule has 0 bridgehead atoms. The number of hydrogen-bond donors (Lipinski definition) is 2. The first-order valence-corrected chi connectivity index (χ1v) is 8.90. The molecule has 0 radical (unpaired) electrons. The molecule has 1 aromatic heterocycles. The number of hydrogen-bond acceptors (Lipinski definition) is 7. The van der Waals surface area contributed by atoms with Crippen molar-refractivity contribution in [2.45, 2.75) is 6.92 Å². The van der Waals surface area contributed by atoms with E-state index >= 15 is 0 Å². The number of methoxy groups -OCH3 is 1. The lowest BCUT2D eigenvalue weighted by atomic mass is 10.2. The highest BCUT2D eigenvalue weighted by Gasteiger charge is 2.10. The minimum absolute atomic E-state index is 0.302. The Hall–Kier alpha value is -3.94. The third-order valence-electron chi connectivity index (χ3n) is 3.89. The molecule has 8 heteroatoms. The SMILES string of the molecule is CCOC(=O)c1ccc(NC(=O)c2cnc(Nc3cccc(OC)c3)nc2)cc1. The molecule has 0 saturated carbocycles. The zero-order valence-corrected chi connectivity index (χ0v) is 16.0. The van der Waals surface area contributed by atoms with Crippen LogP contribution in [0.3, 0.4) is 0 Å². The molecule has 0 fully saturated rings. The van der Waals surface area contributed by atoms with Gasteiger partial charge in [0.1, 0.15) is 5.75 Å². The molecule has 0 atom stereocenters. The molecular formula is C21H20N4O4. The molecule has 29 heavy (non-hydrogen) atoms. The number of carbonyl (C=O) groups excluding carboxylic acids is 2. The van der Waals surface area contributed by atoms with Gasteiger partial charge in [-0.3, -0.25) is 4.79 Å². The normalized spacial score (nSPS) is 10.1. The van der Waals surface area contributed by atoms with Crippen molar-refractivity contribution in [3.63, 3.8) is 0 Å². The number of amides is 1. The minimum Gasteiger partial charge on any atom is -0.497 e. The Balaban J connectivity index is 1.62. The van der Waals surface area contributed by atoms with E-state index in [4.69, 9.17) is 9.47 Å². The quantitative estimate of drug-likeness (QED) is 0.592. The molecule has 0 aliphatic rings. The van der Waals surface area contributed by atoms with Crippen LogP contribution >= 0.6 is 0 Å². The Morgan fingerprint density at radius 3 is 2.34 bits per heavy atom. The van der Waals surface area contributed by atoms with Crippen LogP contribution in [0.5, 0.6) is 5.75 Å². The molecule has 3 rings (SSSR count). The summed E-state index contributed by atoms with van der Waals surface area (Å²) in [6.45, 7) is 2.05. The van der Waals surface area contributed by atoms with Gasteiger partial charge in [-0.15, -0.1) is 0 Å². The number of nitrogens with one attached hydrogen (secondary N) is 2. The first-order valence-electron chi connectivity index (χ1n) is 8.90. The third-order valence-corrected chi connectivity index (χ3v) is 3.89. The van der Waals surface area contributed by atoms with Gasteiger partial charge in [-0.05, 0) is 43.3 Å². The predicted molar refractivity (Wildman–Crippen MR) is 109 cm³/mol. The van der Waals surface area contributed by atoms with E-state index in [0.717, 1.165) is 5.69 Å². The highest BCUT2D eigenvalue weighted by molar-refractivity contribution is 6.04. The number of aromatic nitrogens is 2. The van der Waals surface area contributed by atoms with Crippen LogP contribution in [0.2, 0.25) is 0 Å². The zero-order chi connectivity index (χ0) is 20.6. The van der Waals surface area contributed by atoms with Crippen molar-refractivity contribution < 1.29 is 19.1 Å². The zero-order valence-electron chi connectivity index (χ0n) is 16.0. The summed E-state index contributed by atoms with van der Waals surface area (Å²) < 4.78 is 10.1. The summed E-state index contributed by atoms with van der Waals surface area (Å²) >= 11 is 0. The van der Waals surface area contributed by atoms with Gasteiger partial charge in [0.15, 0.2) is 0 Å². The standard InChI is InChI=1S/C21H20N4O4/c1-3-29-20(27)14-7-9-16(10-8-14)24-19(26)15-12-22-21(23-13-15)25-17-5-4-6-18(11-17)28-2/h4-13H,3H2,1-2H3,(H,24,26)(H,22,23,25). The first-order chi connectivity index (χ1) is 14.1. The number of anilines is 3. The summed E-state index contributed by atoms with van der Waals surface area (Å²) in [5.74, 6) is 0.299. The Labute approximate surface area is 167 Å². The predicted octanol–water partition coefficient (Wildman–Crippen LogP) is 3.66. The van der Waals surface area contributed by atoms with E-state index < -0.39 is 5.97 Å². The van der Waals surface area contributed by atoms with Crippen molar-refractivity contribution in [1.82, 2.24) is 9.97 Å². The fourth-order valence-electron chi connectivity index (χ4n) is 2.45. The van der Waals surface area contributed by atoms with Crippen LogP contribution in [0.25, 0.3) is 0 Å². The highest BCUT2D eigenvalue weighted by atomic mass is 16.5. The third kappa shape index (κ3) is 5.29. The number of benzene rings is 2. The summed E-state index contributed by atoms with van der Waals surface area (Å²) in [6.07, 6.45) is 2.86. The number of ether oxygens (including phenoxy) is 2. The summed E-state index contributed by atoms with van der Waals surface area (Å²) in [7, 11) is 1.59. The van der Waals surface area contributed by atoms with E-state index in [1.165, 1.54) is 12.4 Å². The number of rotatable bonds is 7. The average Bonchev–Trinajstić information content (AvgIpc) is 2.75. The minimum atomic E-state index is -0.405. The smallest absolute Gasteiger partial charge is 0.338 e. The lowest BCUT2D eigenvalue weighted by Gasteiger charge is -2.08. The van der Waals surface area contributed by atoms with Gasteiger partial charge in [0, 0.05) is 29.8 Å². The molecule has 3 aromatic rings. The molecular weight excluding hydrogens is 372 g/mol. The van der Waals surface area contributed by atoms with E-state index in [1.54, 1.807) is 38.3 Å². The van der Waals surface area contributed by atoms with Gasteiger partial charge in [-0.1, -0.05) is 6.07 Å². The lowest BCUT2D eigenvalue weighted by Crippen LogP contribution is -2.13.